The maximum Gasteiger partial charge on any atom is 0.233 e. The van der Waals surface area contributed by atoms with Crippen molar-refractivity contribution in [3.05, 3.63) is 59.9 Å². The van der Waals surface area contributed by atoms with Crippen molar-refractivity contribution in [3.8, 4) is 11.4 Å². The van der Waals surface area contributed by atoms with Gasteiger partial charge in [-0.15, -0.1) is 10.2 Å². The Morgan fingerprint density at radius 3 is 2.66 bits per heavy atom. The molecule has 2 heterocycles. The molecule has 1 saturated heterocycles. The lowest BCUT2D eigenvalue weighted by molar-refractivity contribution is -0.128. The summed E-state index contributed by atoms with van der Waals surface area (Å²) in [7, 11) is 0. The lowest BCUT2D eigenvalue weighted by atomic mass is 10.2. The molecule has 150 valence electrons. The molecule has 1 fully saturated rings. The molecule has 0 unspecified atom stereocenters. The number of anilines is 1. The Balaban J connectivity index is 1.34. The van der Waals surface area contributed by atoms with Crippen molar-refractivity contribution in [2.75, 3.05) is 36.8 Å². The van der Waals surface area contributed by atoms with E-state index >= 15 is 0 Å². The van der Waals surface area contributed by atoms with E-state index in [1.165, 1.54) is 11.8 Å². The number of rotatable bonds is 5. The fourth-order valence-electron chi connectivity index (χ4n) is 3.27. The normalized spacial score (nSPS) is 14.2. The summed E-state index contributed by atoms with van der Waals surface area (Å²) in [6, 6.07) is 14.7. The maximum absolute atomic E-state index is 12.7. The van der Waals surface area contributed by atoms with E-state index in [9.17, 15) is 9.90 Å². The summed E-state index contributed by atoms with van der Waals surface area (Å²) in [5.74, 6) is 0.617. The Kier molecular flexibility index (Phi) is 5.92. The first-order valence-electron chi connectivity index (χ1n) is 9.21. The molecule has 0 saturated carbocycles. The molecule has 4 rings (SSSR count). The van der Waals surface area contributed by atoms with E-state index in [1.54, 1.807) is 24.5 Å². The Bertz CT molecular complexity index is 1000. The molecule has 1 aliphatic heterocycles. The average Bonchev–Trinajstić information content (AvgIpc) is 3.21. The molecule has 9 heteroatoms. The van der Waals surface area contributed by atoms with Crippen molar-refractivity contribution >= 4 is 35.0 Å². The Morgan fingerprint density at radius 1 is 1.10 bits per heavy atom. The van der Waals surface area contributed by atoms with Gasteiger partial charge in [0.2, 0.25) is 5.91 Å². The fraction of sp³-hybridized carbons (Fsp3) is 0.250. The van der Waals surface area contributed by atoms with E-state index < -0.39 is 0 Å². The third-order valence-electron chi connectivity index (χ3n) is 4.78. The Hall–Kier alpha value is -2.71. The van der Waals surface area contributed by atoms with Crippen molar-refractivity contribution in [2.24, 2.45) is 0 Å². The number of piperazine rings is 1. The highest BCUT2D eigenvalue weighted by Crippen LogP contribution is 2.27. The molecule has 1 aromatic heterocycles. The number of carbonyl (C=O) groups is 1. The van der Waals surface area contributed by atoms with Crippen LogP contribution < -0.4 is 4.90 Å². The number of hydrogen-bond donors (Lipinski definition) is 1. The highest BCUT2D eigenvalue weighted by atomic mass is 35.5. The zero-order valence-electron chi connectivity index (χ0n) is 15.6. The monoisotopic (exact) mass is 429 g/mol. The second-order valence-corrected chi connectivity index (χ2v) is 7.99. The standard InChI is InChI=1S/C20H20ClN5O2S/c21-15-4-3-5-16(12-15)26-14-22-23-20(26)29-13-19(28)25-10-8-24(9-11-25)17-6-1-2-7-18(17)27/h1-7,12,14,27H,8-11,13H2. The van der Waals surface area contributed by atoms with E-state index in [-0.39, 0.29) is 17.4 Å². The largest absolute Gasteiger partial charge is 0.506 e. The van der Waals surface area contributed by atoms with Crippen molar-refractivity contribution in [3.63, 3.8) is 0 Å². The molecule has 0 atom stereocenters. The van der Waals surface area contributed by atoms with Gasteiger partial charge in [-0.3, -0.25) is 9.36 Å². The van der Waals surface area contributed by atoms with Crippen molar-refractivity contribution in [1.29, 1.82) is 0 Å². The third kappa shape index (κ3) is 4.49. The summed E-state index contributed by atoms with van der Waals surface area (Å²) >= 11 is 7.42. The number of para-hydroxylation sites is 2. The van der Waals surface area contributed by atoms with Gasteiger partial charge in [0.05, 0.1) is 17.1 Å². The predicted molar refractivity (Wildman–Crippen MR) is 114 cm³/mol. The summed E-state index contributed by atoms with van der Waals surface area (Å²) in [5, 5.41) is 19.4. The van der Waals surface area contributed by atoms with Crippen LogP contribution in [0.4, 0.5) is 5.69 Å². The molecule has 7 nitrogen and oxygen atoms in total. The summed E-state index contributed by atoms with van der Waals surface area (Å²) in [6.45, 7) is 2.61. The lowest BCUT2D eigenvalue weighted by Crippen LogP contribution is -2.49. The minimum absolute atomic E-state index is 0.0626. The summed E-state index contributed by atoms with van der Waals surface area (Å²) in [4.78, 5) is 16.6. The van der Waals surface area contributed by atoms with Crippen LogP contribution in [-0.4, -0.2) is 62.6 Å². The van der Waals surface area contributed by atoms with Gasteiger partial charge in [-0.2, -0.15) is 0 Å². The van der Waals surface area contributed by atoms with Crippen molar-refractivity contribution in [1.82, 2.24) is 19.7 Å². The second-order valence-electron chi connectivity index (χ2n) is 6.61. The number of thioether (sulfide) groups is 1. The van der Waals surface area contributed by atoms with Crippen LogP contribution in [0.15, 0.2) is 60.0 Å². The number of aromatic hydroxyl groups is 1. The number of phenols is 1. The Morgan fingerprint density at radius 2 is 1.90 bits per heavy atom. The van der Waals surface area contributed by atoms with E-state index in [2.05, 4.69) is 15.1 Å². The van der Waals surface area contributed by atoms with Gasteiger partial charge in [0, 0.05) is 31.2 Å². The quantitative estimate of drug-likeness (QED) is 0.628. The topological polar surface area (TPSA) is 74.5 Å². The van der Waals surface area contributed by atoms with Crippen LogP contribution in [0.25, 0.3) is 5.69 Å². The highest BCUT2D eigenvalue weighted by Gasteiger charge is 2.23. The van der Waals surface area contributed by atoms with Crippen LogP contribution in [0, 0.1) is 0 Å². The van der Waals surface area contributed by atoms with E-state index in [0.29, 0.717) is 36.4 Å². The molecular weight excluding hydrogens is 410 g/mol. The van der Waals surface area contributed by atoms with Crippen LogP contribution in [0.2, 0.25) is 5.02 Å². The smallest absolute Gasteiger partial charge is 0.233 e. The molecule has 0 spiro atoms. The van der Waals surface area contributed by atoms with E-state index in [0.717, 1.165) is 11.4 Å². The third-order valence-corrected chi connectivity index (χ3v) is 5.95. The number of phenolic OH excluding ortho intramolecular Hbond substituents is 1. The Labute approximate surface area is 177 Å². The van der Waals surface area contributed by atoms with Gasteiger partial charge < -0.3 is 14.9 Å². The highest BCUT2D eigenvalue weighted by molar-refractivity contribution is 7.99. The first-order valence-corrected chi connectivity index (χ1v) is 10.6. The van der Waals surface area contributed by atoms with Crippen LogP contribution in [0.5, 0.6) is 5.75 Å². The van der Waals surface area contributed by atoms with Gasteiger partial charge in [-0.1, -0.05) is 41.6 Å². The molecule has 0 aliphatic carbocycles. The maximum atomic E-state index is 12.7. The predicted octanol–water partition coefficient (Wildman–Crippen LogP) is 3.07. The van der Waals surface area contributed by atoms with Crippen LogP contribution in [0.3, 0.4) is 0 Å². The first-order chi connectivity index (χ1) is 14.1. The molecule has 0 radical (unpaired) electrons. The minimum atomic E-state index is 0.0626. The van der Waals surface area contributed by atoms with Crippen molar-refractivity contribution in [2.45, 2.75) is 5.16 Å². The van der Waals surface area contributed by atoms with Crippen molar-refractivity contribution < 1.29 is 9.90 Å². The molecular formula is C20H20ClN5O2S. The molecule has 29 heavy (non-hydrogen) atoms. The number of hydrogen-bond acceptors (Lipinski definition) is 6. The zero-order valence-corrected chi connectivity index (χ0v) is 17.2. The van der Waals surface area contributed by atoms with Crippen LogP contribution in [0.1, 0.15) is 0 Å². The molecule has 2 aromatic carbocycles. The van der Waals surface area contributed by atoms with Gasteiger partial charge in [0.25, 0.3) is 0 Å². The fourth-order valence-corrected chi connectivity index (χ4v) is 4.29. The number of benzene rings is 2. The SMILES string of the molecule is O=C(CSc1nncn1-c1cccc(Cl)c1)N1CCN(c2ccccc2O)CC1. The van der Waals surface area contributed by atoms with Gasteiger partial charge >= 0.3 is 0 Å². The van der Waals surface area contributed by atoms with E-state index in [1.807, 2.05) is 39.8 Å². The van der Waals surface area contributed by atoms with Gasteiger partial charge in [0.1, 0.15) is 12.1 Å². The lowest BCUT2D eigenvalue weighted by Gasteiger charge is -2.36. The molecule has 0 bridgehead atoms. The number of aromatic nitrogens is 3. The van der Waals surface area contributed by atoms with Crippen LogP contribution in [-0.2, 0) is 4.79 Å². The zero-order chi connectivity index (χ0) is 20.2. The number of carbonyl (C=O) groups excluding carboxylic acids is 1. The molecule has 1 aliphatic rings. The number of amides is 1. The molecule has 3 aromatic rings. The second kappa shape index (κ2) is 8.75. The summed E-state index contributed by atoms with van der Waals surface area (Å²) < 4.78 is 1.82. The average molecular weight is 430 g/mol. The molecule has 1 amide bonds. The van der Waals surface area contributed by atoms with Gasteiger partial charge in [-0.05, 0) is 30.3 Å². The van der Waals surface area contributed by atoms with Gasteiger partial charge in [0.15, 0.2) is 5.16 Å². The minimum Gasteiger partial charge on any atom is -0.506 e. The van der Waals surface area contributed by atoms with Crippen LogP contribution >= 0.6 is 23.4 Å². The number of nitrogens with zero attached hydrogens (tertiary/aromatic N) is 5. The summed E-state index contributed by atoms with van der Waals surface area (Å²) in [6.07, 6.45) is 1.61. The van der Waals surface area contributed by atoms with E-state index in [4.69, 9.17) is 11.6 Å². The molecule has 1 N–H and O–H groups in total. The summed E-state index contributed by atoms with van der Waals surface area (Å²) in [5.41, 5.74) is 1.66. The number of halogens is 1. The van der Waals surface area contributed by atoms with Gasteiger partial charge in [-0.25, -0.2) is 0 Å². The first kappa shape index (κ1) is 19.6.